The minimum atomic E-state index is -0.709. The maximum absolute atomic E-state index is 13.4. The van der Waals surface area contributed by atoms with Crippen molar-refractivity contribution in [3.8, 4) is 0 Å². The molecule has 1 aliphatic heterocycles. The van der Waals surface area contributed by atoms with Gasteiger partial charge in [0.1, 0.15) is 11.9 Å². The molecule has 1 N–H and O–H groups in total. The number of benzene rings is 2. The van der Waals surface area contributed by atoms with E-state index < -0.39 is 5.97 Å². The van der Waals surface area contributed by atoms with Crippen molar-refractivity contribution >= 4 is 30.1 Å². The van der Waals surface area contributed by atoms with Crippen LogP contribution < -0.4 is 0 Å². The highest BCUT2D eigenvalue weighted by Gasteiger charge is 2.29. The molecule has 3 rings (SSSR count). The van der Waals surface area contributed by atoms with Crippen molar-refractivity contribution < 1.29 is 14.3 Å². The standard InChI is InChI=1S/C20H22FNO2S.ClH/c21-16-8-3-9-17(14-16)25-19-11-2-1-6-15(19)7-4-12-22-13-5-10-18(22)20(23)24;/h1-3,6,8-9,11,14,18H,4-5,7,10,12-13H2,(H,23,24);1H. The Morgan fingerprint density at radius 1 is 1.23 bits per heavy atom. The first kappa shape index (κ1) is 20.7. The summed E-state index contributed by atoms with van der Waals surface area (Å²) in [4.78, 5) is 15.3. The van der Waals surface area contributed by atoms with Crippen LogP contribution in [0.2, 0.25) is 0 Å². The highest BCUT2D eigenvalue weighted by Crippen LogP contribution is 2.31. The SMILES string of the molecule is Cl.O=C(O)C1CCCN1CCCc1ccccc1Sc1cccc(F)c1. The Morgan fingerprint density at radius 2 is 2.04 bits per heavy atom. The molecule has 1 unspecified atom stereocenters. The van der Waals surface area contributed by atoms with Crippen LogP contribution in [0.3, 0.4) is 0 Å². The summed E-state index contributed by atoms with van der Waals surface area (Å²) in [5.74, 6) is -0.934. The number of likely N-dealkylation sites (tertiary alicyclic amines) is 1. The zero-order valence-corrected chi connectivity index (χ0v) is 16.1. The summed E-state index contributed by atoms with van der Waals surface area (Å²) in [5, 5.41) is 9.26. The van der Waals surface area contributed by atoms with Gasteiger partial charge in [-0.2, -0.15) is 0 Å². The van der Waals surface area contributed by atoms with Gasteiger partial charge >= 0.3 is 5.97 Å². The van der Waals surface area contributed by atoms with Crippen molar-refractivity contribution in [2.45, 2.75) is 41.5 Å². The third kappa shape index (κ3) is 5.47. The highest BCUT2D eigenvalue weighted by molar-refractivity contribution is 7.99. The second-order valence-electron chi connectivity index (χ2n) is 6.30. The lowest BCUT2D eigenvalue weighted by atomic mass is 10.1. The number of carboxylic acids is 1. The van der Waals surface area contributed by atoms with E-state index in [-0.39, 0.29) is 24.3 Å². The number of hydrogen-bond donors (Lipinski definition) is 1. The van der Waals surface area contributed by atoms with Gasteiger partial charge in [0.2, 0.25) is 0 Å². The van der Waals surface area contributed by atoms with Crippen molar-refractivity contribution in [3.05, 3.63) is 59.9 Å². The average molecular weight is 396 g/mol. The van der Waals surface area contributed by atoms with Crippen LogP contribution in [-0.4, -0.2) is 35.1 Å². The summed E-state index contributed by atoms with van der Waals surface area (Å²) in [5.41, 5.74) is 1.22. The Balaban J connectivity index is 0.00000243. The van der Waals surface area contributed by atoms with Crippen LogP contribution in [-0.2, 0) is 11.2 Å². The van der Waals surface area contributed by atoms with Crippen molar-refractivity contribution in [3.63, 3.8) is 0 Å². The molecule has 0 aliphatic carbocycles. The average Bonchev–Trinajstić information content (AvgIpc) is 3.05. The lowest BCUT2D eigenvalue weighted by molar-refractivity contribution is -0.142. The van der Waals surface area contributed by atoms with E-state index in [0.717, 1.165) is 48.6 Å². The van der Waals surface area contributed by atoms with E-state index in [9.17, 15) is 14.3 Å². The number of carboxylic acid groups (broad SMARTS) is 1. The summed E-state index contributed by atoms with van der Waals surface area (Å²) >= 11 is 1.57. The van der Waals surface area contributed by atoms with Gasteiger partial charge in [-0.3, -0.25) is 9.69 Å². The van der Waals surface area contributed by atoms with Gasteiger partial charge in [0.15, 0.2) is 0 Å². The van der Waals surface area contributed by atoms with E-state index in [4.69, 9.17) is 0 Å². The number of nitrogens with zero attached hydrogens (tertiary/aromatic N) is 1. The Labute approximate surface area is 164 Å². The predicted molar refractivity (Wildman–Crippen MR) is 105 cm³/mol. The molecule has 3 nitrogen and oxygen atoms in total. The van der Waals surface area contributed by atoms with Gasteiger partial charge < -0.3 is 5.11 Å². The third-order valence-corrected chi connectivity index (χ3v) is 5.64. The van der Waals surface area contributed by atoms with E-state index in [2.05, 4.69) is 17.0 Å². The van der Waals surface area contributed by atoms with Gasteiger partial charge in [-0.1, -0.05) is 36.0 Å². The molecule has 0 aromatic heterocycles. The molecule has 0 bridgehead atoms. The smallest absolute Gasteiger partial charge is 0.320 e. The first-order valence-corrected chi connectivity index (χ1v) is 9.43. The fourth-order valence-corrected chi connectivity index (χ4v) is 4.33. The maximum Gasteiger partial charge on any atom is 0.320 e. The zero-order valence-electron chi connectivity index (χ0n) is 14.4. The van der Waals surface area contributed by atoms with Gasteiger partial charge in [-0.15, -0.1) is 12.4 Å². The van der Waals surface area contributed by atoms with Gasteiger partial charge in [0, 0.05) is 9.79 Å². The summed E-state index contributed by atoms with van der Waals surface area (Å²) in [7, 11) is 0. The van der Waals surface area contributed by atoms with Crippen LogP contribution in [0.4, 0.5) is 4.39 Å². The quantitative estimate of drug-likeness (QED) is 0.725. The molecule has 140 valence electrons. The maximum atomic E-state index is 13.4. The van der Waals surface area contributed by atoms with Gasteiger partial charge in [-0.25, -0.2) is 4.39 Å². The topological polar surface area (TPSA) is 40.5 Å². The van der Waals surface area contributed by atoms with E-state index in [1.807, 2.05) is 18.2 Å². The summed E-state index contributed by atoms with van der Waals surface area (Å²) < 4.78 is 13.4. The molecule has 0 spiro atoms. The summed E-state index contributed by atoms with van der Waals surface area (Å²) in [6.45, 7) is 1.67. The van der Waals surface area contributed by atoms with Crippen molar-refractivity contribution in [1.29, 1.82) is 0 Å². The van der Waals surface area contributed by atoms with Crippen molar-refractivity contribution in [2.75, 3.05) is 13.1 Å². The van der Waals surface area contributed by atoms with Crippen molar-refractivity contribution in [1.82, 2.24) is 4.90 Å². The number of carbonyl (C=O) groups is 1. The van der Waals surface area contributed by atoms with E-state index in [1.165, 1.54) is 11.6 Å². The molecule has 26 heavy (non-hydrogen) atoms. The fraction of sp³-hybridized carbons (Fsp3) is 0.350. The van der Waals surface area contributed by atoms with Gasteiger partial charge in [-0.05, 0) is 68.6 Å². The molecule has 1 fully saturated rings. The van der Waals surface area contributed by atoms with E-state index in [0.29, 0.717) is 0 Å². The molecule has 6 heteroatoms. The Bertz CT molecular complexity index is 743. The van der Waals surface area contributed by atoms with Gasteiger partial charge in [0.05, 0.1) is 0 Å². The molecule has 1 atom stereocenters. The minimum Gasteiger partial charge on any atom is -0.480 e. The van der Waals surface area contributed by atoms with Crippen LogP contribution in [0.1, 0.15) is 24.8 Å². The summed E-state index contributed by atoms with van der Waals surface area (Å²) in [6.07, 6.45) is 3.52. The lowest BCUT2D eigenvalue weighted by Crippen LogP contribution is -2.36. The zero-order chi connectivity index (χ0) is 17.6. The first-order valence-electron chi connectivity index (χ1n) is 8.61. The second-order valence-corrected chi connectivity index (χ2v) is 7.42. The Morgan fingerprint density at radius 3 is 2.81 bits per heavy atom. The Kier molecular flexibility index (Phi) is 7.94. The second kappa shape index (κ2) is 9.95. The van der Waals surface area contributed by atoms with Crippen LogP contribution in [0.15, 0.2) is 58.3 Å². The number of halogens is 2. The van der Waals surface area contributed by atoms with Crippen LogP contribution in [0.5, 0.6) is 0 Å². The van der Waals surface area contributed by atoms with Gasteiger partial charge in [0.25, 0.3) is 0 Å². The van der Waals surface area contributed by atoms with Crippen LogP contribution in [0.25, 0.3) is 0 Å². The van der Waals surface area contributed by atoms with Crippen LogP contribution in [0, 0.1) is 5.82 Å². The molecule has 1 aliphatic rings. The minimum absolute atomic E-state index is 0. The lowest BCUT2D eigenvalue weighted by Gasteiger charge is -2.21. The molecule has 1 heterocycles. The molecule has 0 saturated carbocycles. The molecule has 2 aromatic rings. The fourth-order valence-electron chi connectivity index (χ4n) is 3.31. The summed E-state index contributed by atoms with van der Waals surface area (Å²) in [6, 6.07) is 14.5. The number of aryl methyl sites for hydroxylation is 1. The number of aliphatic carboxylic acids is 1. The highest BCUT2D eigenvalue weighted by atomic mass is 35.5. The van der Waals surface area contributed by atoms with Crippen LogP contribution >= 0.6 is 24.2 Å². The van der Waals surface area contributed by atoms with Crippen molar-refractivity contribution in [2.24, 2.45) is 0 Å². The Hall–Kier alpha value is -1.56. The first-order chi connectivity index (χ1) is 12.1. The molecule has 1 saturated heterocycles. The normalized spacial score (nSPS) is 17.0. The molecular weight excluding hydrogens is 373 g/mol. The number of hydrogen-bond acceptors (Lipinski definition) is 3. The third-order valence-electron chi connectivity index (χ3n) is 4.54. The molecule has 0 amide bonds. The molecule has 2 aromatic carbocycles. The largest absolute Gasteiger partial charge is 0.480 e. The number of rotatable bonds is 7. The molecule has 0 radical (unpaired) electrons. The monoisotopic (exact) mass is 395 g/mol. The predicted octanol–water partition coefficient (Wildman–Crippen LogP) is 4.88. The van der Waals surface area contributed by atoms with E-state index in [1.54, 1.807) is 23.9 Å². The van der Waals surface area contributed by atoms with E-state index >= 15 is 0 Å². The molecular formula is C20H23ClFNO2S.